The van der Waals surface area contributed by atoms with Crippen LogP contribution in [-0.4, -0.2) is 24.7 Å². The predicted molar refractivity (Wildman–Crippen MR) is 63.2 cm³/mol. The van der Waals surface area contributed by atoms with Crippen molar-refractivity contribution in [2.45, 2.75) is 32.6 Å². The summed E-state index contributed by atoms with van der Waals surface area (Å²) >= 11 is 9.82. The molecule has 4 heteroatoms. The maximum atomic E-state index is 11.7. The Morgan fingerprint density at radius 1 is 1.50 bits per heavy atom. The van der Waals surface area contributed by atoms with Gasteiger partial charge in [0.25, 0.3) is 0 Å². The zero-order valence-electron chi connectivity index (χ0n) is 8.88. The first-order valence-corrected chi connectivity index (χ1v) is 6.08. The quantitative estimate of drug-likeness (QED) is 0.419. The minimum absolute atomic E-state index is 0.126. The van der Waals surface area contributed by atoms with Gasteiger partial charge in [0.2, 0.25) is 0 Å². The number of rotatable bonds is 7. The number of esters is 1. The smallest absolute Gasteiger partial charge is 0.311 e. The Balaban J connectivity index is 4.50. The van der Waals surface area contributed by atoms with Crippen LogP contribution in [-0.2, 0) is 9.53 Å². The summed E-state index contributed by atoms with van der Waals surface area (Å²) in [7, 11) is 1.44. The highest BCUT2D eigenvalue weighted by molar-refractivity contribution is 7.80. The van der Waals surface area contributed by atoms with Gasteiger partial charge in [0.05, 0.1) is 12.5 Å². The number of ether oxygens (including phenoxy) is 1. The van der Waals surface area contributed by atoms with Crippen LogP contribution < -0.4 is 0 Å². The maximum absolute atomic E-state index is 11.7. The fourth-order valence-corrected chi connectivity index (χ4v) is 2.22. The van der Waals surface area contributed by atoms with Crippen molar-refractivity contribution in [3.8, 4) is 0 Å². The van der Waals surface area contributed by atoms with E-state index in [4.69, 9.17) is 16.3 Å². The van der Waals surface area contributed by atoms with E-state index in [1.54, 1.807) is 0 Å². The zero-order chi connectivity index (χ0) is 11.0. The van der Waals surface area contributed by atoms with Crippen molar-refractivity contribution in [1.82, 2.24) is 0 Å². The lowest BCUT2D eigenvalue weighted by Gasteiger charge is -2.29. The molecule has 0 radical (unpaired) electrons. The Morgan fingerprint density at radius 3 is 2.50 bits per heavy atom. The molecule has 0 N–H and O–H groups in total. The molecule has 0 bridgehead atoms. The van der Waals surface area contributed by atoms with Gasteiger partial charge in [0.1, 0.15) is 0 Å². The first-order chi connectivity index (χ1) is 6.66. The molecule has 0 rings (SSSR count). The van der Waals surface area contributed by atoms with Crippen molar-refractivity contribution in [2.24, 2.45) is 5.41 Å². The second kappa shape index (κ2) is 7.41. The topological polar surface area (TPSA) is 26.3 Å². The van der Waals surface area contributed by atoms with E-state index in [1.165, 1.54) is 7.11 Å². The van der Waals surface area contributed by atoms with Crippen molar-refractivity contribution < 1.29 is 9.53 Å². The van der Waals surface area contributed by atoms with E-state index in [-0.39, 0.29) is 11.4 Å². The minimum atomic E-state index is -0.370. The third-order valence-corrected chi connectivity index (χ3v) is 3.17. The predicted octanol–water partition coefficient (Wildman–Crippen LogP) is 2.89. The fourth-order valence-electron chi connectivity index (χ4n) is 1.66. The highest BCUT2D eigenvalue weighted by Crippen LogP contribution is 2.34. The lowest BCUT2D eigenvalue weighted by Crippen LogP contribution is -2.32. The molecule has 0 saturated heterocycles. The van der Waals surface area contributed by atoms with Crippen LogP contribution >= 0.6 is 24.2 Å². The molecule has 0 spiro atoms. The van der Waals surface area contributed by atoms with E-state index in [1.807, 2.05) is 6.92 Å². The van der Waals surface area contributed by atoms with E-state index in [0.717, 1.165) is 25.7 Å². The van der Waals surface area contributed by atoms with E-state index >= 15 is 0 Å². The van der Waals surface area contributed by atoms with Gasteiger partial charge in [-0.2, -0.15) is 12.6 Å². The molecule has 0 amide bonds. The molecule has 1 atom stereocenters. The van der Waals surface area contributed by atoms with Crippen LogP contribution in [0.4, 0.5) is 0 Å². The summed E-state index contributed by atoms with van der Waals surface area (Å²) in [5, 5.41) is 0. The van der Waals surface area contributed by atoms with Crippen molar-refractivity contribution in [3.05, 3.63) is 0 Å². The summed E-state index contributed by atoms with van der Waals surface area (Å²) in [6, 6.07) is 0. The molecule has 0 aromatic carbocycles. The molecule has 1 unspecified atom stereocenters. The highest BCUT2D eigenvalue weighted by atomic mass is 35.5. The Bertz CT molecular complexity index is 176. The molecule has 0 aliphatic carbocycles. The number of halogens is 1. The molecule has 0 aliphatic heterocycles. The molecular formula is C10H19ClO2S. The van der Waals surface area contributed by atoms with E-state index in [0.29, 0.717) is 11.6 Å². The van der Waals surface area contributed by atoms with E-state index in [9.17, 15) is 4.79 Å². The monoisotopic (exact) mass is 238 g/mol. The number of hydrogen-bond acceptors (Lipinski definition) is 3. The molecule has 0 saturated carbocycles. The number of alkyl halides is 1. The van der Waals surface area contributed by atoms with Crippen LogP contribution in [0.25, 0.3) is 0 Å². The van der Waals surface area contributed by atoms with Gasteiger partial charge in [-0.05, 0) is 31.4 Å². The second-order valence-corrected chi connectivity index (χ2v) is 4.22. The van der Waals surface area contributed by atoms with Crippen LogP contribution in [0.1, 0.15) is 32.6 Å². The van der Waals surface area contributed by atoms with Crippen LogP contribution in [0.15, 0.2) is 0 Å². The summed E-state index contributed by atoms with van der Waals surface area (Å²) in [6.07, 6.45) is 3.19. The largest absolute Gasteiger partial charge is 0.469 e. The number of methoxy groups -OCH3 is 1. The highest BCUT2D eigenvalue weighted by Gasteiger charge is 2.36. The Hall–Kier alpha value is 0.110. The van der Waals surface area contributed by atoms with Gasteiger partial charge >= 0.3 is 5.97 Å². The maximum Gasteiger partial charge on any atom is 0.311 e. The van der Waals surface area contributed by atoms with Crippen LogP contribution in [0.2, 0.25) is 0 Å². The molecule has 2 nitrogen and oxygen atoms in total. The van der Waals surface area contributed by atoms with E-state index < -0.39 is 0 Å². The van der Waals surface area contributed by atoms with E-state index in [2.05, 4.69) is 12.6 Å². The number of thiol groups is 1. The average Bonchev–Trinajstić information content (AvgIpc) is 2.23. The van der Waals surface area contributed by atoms with Gasteiger partial charge in [-0.3, -0.25) is 4.79 Å². The van der Waals surface area contributed by atoms with Crippen LogP contribution in [0.5, 0.6) is 0 Å². The van der Waals surface area contributed by atoms with Crippen molar-refractivity contribution in [1.29, 1.82) is 0 Å². The minimum Gasteiger partial charge on any atom is -0.469 e. The van der Waals surface area contributed by atoms with Gasteiger partial charge in [-0.15, -0.1) is 11.6 Å². The third-order valence-electron chi connectivity index (χ3n) is 2.67. The SMILES string of the molecule is CCC(CCS)(CCCCl)C(=O)OC. The van der Waals surface area contributed by atoms with Gasteiger partial charge in [0, 0.05) is 5.88 Å². The Kier molecular flexibility index (Phi) is 7.47. The van der Waals surface area contributed by atoms with Gasteiger partial charge in [-0.1, -0.05) is 6.92 Å². The molecule has 0 fully saturated rings. The lowest BCUT2D eigenvalue weighted by molar-refractivity contribution is -0.153. The summed E-state index contributed by atoms with van der Waals surface area (Å²) in [4.78, 5) is 11.7. The molecular weight excluding hydrogens is 220 g/mol. The second-order valence-electron chi connectivity index (χ2n) is 3.39. The normalized spacial score (nSPS) is 14.9. The molecule has 0 aromatic heterocycles. The standard InChI is InChI=1S/C10H19ClO2S/c1-3-10(6-8-14,5-4-7-11)9(12)13-2/h14H,3-8H2,1-2H3. The van der Waals surface area contributed by atoms with Crippen molar-refractivity contribution >= 4 is 30.2 Å². The molecule has 14 heavy (non-hydrogen) atoms. The number of hydrogen-bond donors (Lipinski definition) is 1. The molecule has 0 aromatic rings. The number of carbonyl (C=O) groups excluding carboxylic acids is 1. The van der Waals surface area contributed by atoms with Crippen molar-refractivity contribution in [3.63, 3.8) is 0 Å². The van der Waals surface area contributed by atoms with Crippen LogP contribution in [0.3, 0.4) is 0 Å². The summed E-state index contributed by atoms with van der Waals surface area (Å²) in [6.45, 7) is 2.01. The van der Waals surface area contributed by atoms with Gasteiger partial charge in [0.15, 0.2) is 0 Å². The summed E-state index contributed by atoms with van der Waals surface area (Å²) in [5.74, 6) is 1.16. The van der Waals surface area contributed by atoms with Gasteiger partial charge < -0.3 is 4.74 Å². The summed E-state index contributed by atoms with van der Waals surface area (Å²) < 4.78 is 4.84. The first-order valence-electron chi connectivity index (χ1n) is 4.92. The molecule has 84 valence electrons. The molecule has 0 heterocycles. The Labute approximate surface area is 96.8 Å². The lowest BCUT2D eigenvalue weighted by atomic mass is 9.78. The first kappa shape index (κ1) is 14.1. The number of carbonyl (C=O) groups is 1. The van der Waals surface area contributed by atoms with Crippen molar-refractivity contribution in [2.75, 3.05) is 18.7 Å². The van der Waals surface area contributed by atoms with Crippen LogP contribution in [0, 0.1) is 5.41 Å². The fraction of sp³-hybridized carbons (Fsp3) is 0.900. The van der Waals surface area contributed by atoms with Gasteiger partial charge in [-0.25, -0.2) is 0 Å². The third kappa shape index (κ3) is 3.70. The molecule has 0 aliphatic rings. The Morgan fingerprint density at radius 2 is 2.14 bits per heavy atom. The average molecular weight is 239 g/mol. The zero-order valence-corrected chi connectivity index (χ0v) is 10.5. The summed E-state index contributed by atoms with van der Waals surface area (Å²) in [5.41, 5.74) is -0.370.